The van der Waals surface area contributed by atoms with Crippen LogP contribution in [0.4, 0.5) is 0 Å². The molecule has 21 heavy (non-hydrogen) atoms. The quantitative estimate of drug-likeness (QED) is 0.940. The van der Waals surface area contributed by atoms with E-state index in [1.165, 1.54) is 29.4 Å². The van der Waals surface area contributed by atoms with E-state index in [0.29, 0.717) is 0 Å². The number of methoxy groups -OCH3 is 1. The summed E-state index contributed by atoms with van der Waals surface area (Å²) in [5, 5.41) is 5.93. The van der Waals surface area contributed by atoms with Crippen LogP contribution in [0.2, 0.25) is 0 Å². The molecule has 114 valence electrons. The Kier molecular flexibility index (Phi) is 5.85. The summed E-state index contributed by atoms with van der Waals surface area (Å²) in [6.07, 6.45) is 1.13. The summed E-state index contributed by atoms with van der Waals surface area (Å²) in [4.78, 5) is 2.54. The van der Waals surface area contributed by atoms with Crippen LogP contribution in [-0.2, 0) is 6.42 Å². The van der Waals surface area contributed by atoms with Crippen LogP contribution in [-0.4, -0.2) is 44.7 Å². The van der Waals surface area contributed by atoms with Crippen molar-refractivity contribution in [2.24, 2.45) is 0 Å². The fourth-order valence-corrected chi connectivity index (χ4v) is 2.78. The molecule has 0 amide bonds. The minimum absolute atomic E-state index is 0. The highest BCUT2D eigenvalue weighted by molar-refractivity contribution is 5.85. The van der Waals surface area contributed by atoms with Crippen LogP contribution in [0.25, 0.3) is 10.8 Å². The molecule has 0 aromatic heterocycles. The van der Waals surface area contributed by atoms with Gasteiger partial charge in [0.1, 0.15) is 5.75 Å². The normalized spacial score (nSPS) is 15.7. The summed E-state index contributed by atoms with van der Waals surface area (Å²) < 4.78 is 5.27. The van der Waals surface area contributed by atoms with Gasteiger partial charge in [0.2, 0.25) is 0 Å². The van der Waals surface area contributed by atoms with Crippen LogP contribution in [0.5, 0.6) is 5.75 Å². The summed E-state index contributed by atoms with van der Waals surface area (Å²) in [5.74, 6) is 0.922. The van der Waals surface area contributed by atoms with E-state index in [0.717, 1.165) is 31.8 Å². The zero-order valence-electron chi connectivity index (χ0n) is 12.5. The molecule has 3 nitrogen and oxygen atoms in total. The Morgan fingerprint density at radius 3 is 2.52 bits per heavy atom. The van der Waals surface area contributed by atoms with Crippen LogP contribution in [0.1, 0.15) is 5.56 Å². The molecule has 3 rings (SSSR count). The number of piperazine rings is 1. The van der Waals surface area contributed by atoms with Gasteiger partial charge in [-0.05, 0) is 34.9 Å². The first kappa shape index (κ1) is 16.1. The van der Waals surface area contributed by atoms with Crippen molar-refractivity contribution in [3.05, 3.63) is 42.0 Å². The maximum absolute atomic E-state index is 5.27. The molecule has 0 spiro atoms. The number of hydrogen-bond acceptors (Lipinski definition) is 3. The molecule has 1 saturated heterocycles. The second kappa shape index (κ2) is 7.64. The van der Waals surface area contributed by atoms with Crippen molar-refractivity contribution in [2.75, 3.05) is 39.8 Å². The van der Waals surface area contributed by atoms with E-state index in [2.05, 4.69) is 40.5 Å². The lowest BCUT2D eigenvalue weighted by molar-refractivity contribution is 0.244. The van der Waals surface area contributed by atoms with E-state index in [1.54, 1.807) is 7.11 Å². The Bertz CT molecular complexity index is 582. The van der Waals surface area contributed by atoms with Crippen LogP contribution in [0.15, 0.2) is 36.4 Å². The zero-order chi connectivity index (χ0) is 13.8. The lowest BCUT2D eigenvalue weighted by Gasteiger charge is -2.27. The molecule has 0 unspecified atom stereocenters. The van der Waals surface area contributed by atoms with Crippen molar-refractivity contribution in [1.29, 1.82) is 0 Å². The number of fused-ring (bicyclic) bond motifs is 1. The van der Waals surface area contributed by atoms with Crippen LogP contribution in [0, 0.1) is 0 Å². The first-order valence-electron chi connectivity index (χ1n) is 7.35. The molecule has 1 aliphatic rings. The smallest absolute Gasteiger partial charge is 0.119 e. The molecule has 0 atom stereocenters. The maximum Gasteiger partial charge on any atom is 0.119 e. The van der Waals surface area contributed by atoms with Crippen molar-refractivity contribution >= 4 is 23.2 Å². The highest BCUT2D eigenvalue weighted by Crippen LogP contribution is 2.22. The fraction of sp³-hybridized carbons (Fsp3) is 0.412. The molecule has 1 fully saturated rings. The minimum Gasteiger partial charge on any atom is -0.497 e. The van der Waals surface area contributed by atoms with E-state index in [4.69, 9.17) is 4.74 Å². The van der Waals surface area contributed by atoms with Crippen molar-refractivity contribution in [3.63, 3.8) is 0 Å². The van der Waals surface area contributed by atoms with Gasteiger partial charge in [0, 0.05) is 32.7 Å². The van der Waals surface area contributed by atoms with Gasteiger partial charge in [-0.25, -0.2) is 0 Å². The summed E-state index contributed by atoms with van der Waals surface area (Å²) in [6, 6.07) is 13.0. The maximum atomic E-state index is 5.27. The molecular formula is C17H23ClN2O. The molecule has 1 aliphatic heterocycles. The van der Waals surface area contributed by atoms with Gasteiger partial charge in [-0.2, -0.15) is 0 Å². The van der Waals surface area contributed by atoms with Gasteiger partial charge in [0.25, 0.3) is 0 Å². The topological polar surface area (TPSA) is 24.5 Å². The Labute approximate surface area is 132 Å². The number of nitrogens with one attached hydrogen (secondary N) is 1. The van der Waals surface area contributed by atoms with Crippen molar-refractivity contribution in [2.45, 2.75) is 6.42 Å². The average molecular weight is 307 g/mol. The van der Waals surface area contributed by atoms with Gasteiger partial charge in [-0.15, -0.1) is 12.4 Å². The summed E-state index contributed by atoms with van der Waals surface area (Å²) in [6.45, 7) is 5.74. The minimum atomic E-state index is 0. The predicted octanol–water partition coefficient (Wildman–Crippen LogP) is 2.72. The monoisotopic (exact) mass is 306 g/mol. The molecule has 0 aliphatic carbocycles. The van der Waals surface area contributed by atoms with Gasteiger partial charge in [-0.3, -0.25) is 0 Å². The number of halogens is 1. The SMILES string of the molecule is COc1ccc2cc(CCN3CCNCC3)ccc2c1.Cl. The van der Waals surface area contributed by atoms with E-state index in [-0.39, 0.29) is 12.4 Å². The predicted molar refractivity (Wildman–Crippen MR) is 90.8 cm³/mol. The van der Waals surface area contributed by atoms with Crippen LogP contribution in [0.3, 0.4) is 0 Å². The highest BCUT2D eigenvalue weighted by Gasteiger charge is 2.09. The molecular weight excluding hydrogens is 284 g/mol. The Morgan fingerprint density at radius 2 is 1.76 bits per heavy atom. The number of ether oxygens (including phenoxy) is 1. The fourth-order valence-electron chi connectivity index (χ4n) is 2.78. The molecule has 0 saturated carbocycles. The number of hydrogen-bond donors (Lipinski definition) is 1. The summed E-state index contributed by atoms with van der Waals surface area (Å²) in [7, 11) is 1.71. The van der Waals surface area contributed by atoms with Gasteiger partial charge >= 0.3 is 0 Å². The Hall–Kier alpha value is -1.29. The second-order valence-electron chi connectivity index (χ2n) is 5.39. The third kappa shape index (κ3) is 4.10. The lowest BCUT2D eigenvalue weighted by Crippen LogP contribution is -2.44. The molecule has 2 aromatic rings. The largest absolute Gasteiger partial charge is 0.497 e. The molecule has 0 radical (unpaired) electrons. The van der Waals surface area contributed by atoms with Gasteiger partial charge in [0.05, 0.1) is 7.11 Å². The highest BCUT2D eigenvalue weighted by atomic mass is 35.5. The van der Waals surface area contributed by atoms with E-state index in [9.17, 15) is 0 Å². The second-order valence-corrected chi connectivity index (χ2v) is 5.39. The molecule has 2 aromatic carbocycles. The standard InChI is InChI=1S/C17H22N2O.ClH/c1-20-17-5-4-15-12-14(2-3-16(15)13-17)6-9-19-10-7-18-8-11-19;/h2-5,12-13,18H,6-11H2,1H3;1H. The molecule has 1 heterocycles. The number of rotatable bonds is 4. The van der Waals surface area contributed by atoms with Crippen LogP contribution >= 0.6 is 12.4 Å². The summed E-state index contributed by atoms with van der Waals surface area (Å²) >= 11 is 0. The molecule has 0 bridgehead atoms. The van der Waals surface area contributed by atoms with Gasteiger partial charge in [-0.1, -0.05) is 24.3 Å². The lowest BCUT2D eigenvalue weighted by atomic mass is 10.0. The third-order valence-corrected chi connectivity index (χ3v) is 4.04. The average Bonchev–Trinajstić information content (AvgIpc) is 2.53. The number of benzene rings is 2. The van der Waals surface area contributed by atoms with Gasteiger partial charge < -0.3 is 15.0 Å². The molecule has 1 N–H and O–H groups in total. The summed E-state index contributed by atoms with van der Waals surface area (Å²) in [5.41, 5.74) is 1.42. The van der Waals surface area contributed by atoms with Crippen molar-refractivity contribution in [3.8, 4) is 5.75 Å². The van der Waals surface area contributed by atoms with Gasteiger partial charge in [0.15, 0.2) is 0 Å². The zero-order valence-corrected chi connectivity index (χ0v) is 13.3. The Balaban J connectivity index is 0.00000161. The first-order chi connectivity index (χ1) is 9.85. The van der Waals surface area contributed by atoms with E-state index < -0.39 is 0 Å². The third-order valence-electron chi connectivity index (χ3n) is 4.04. The van der Waals surface area contributed by atoms with Crippen LogP contribution < -0.4 is 10.1 Å². The van der Waals surface area contributed by atoms with Crippen molar-refractivity contribution < 1.29 is 4.74 Å². The van der Waals surface area contributed by atoms with E-state index >= 15 is 0 Å². The first-order valence-corrected chi connectivity index (χ1v) is 7.35. The Morgan fingerprint density at radius 1 is 1.05 bits per heavy atom. The molecule has 4 heteroatoms. The van der Waals surface area contributed by atoms with E-state index in [1.807, 2.05) is 6.07 Å². The number of nitrogens with zero attached hydrogens (tertiary/aromatic N) is 1. The van der Waals surface area contributed by atoms with Crippen molar-refractivity contribution in [1.82, 2.24) is 10.2 Å².